The molecule has 0 bridgehead atoms. The van der Waals surface area contributed by atoms with Crippen LogP contribution in [0.5, 0.6) is 5.75 Å². The van der Waals surface area contributed by atoms with Crippen LogP contribution in [0, 0.1) is 5.92 Å². The van der Waals surface area contributed by atoms with Gasteiger partial charge in [0.05, 0.1) is 12.5 Å². The van der Waals surface area contributed by atoms with Crippen LogP contribution in [-0.4, -0.2) is 59.8 Å². The Kier molecular flexibility index (Phi) is 10.00. The van der Waals surface area contributed by atoms with Crippen LogP contribution < -0.4 is 10.3 Å². The molecule has 3 rings (SSSR count). The number of benzene rings is 1. The predicted molar refractivity (Wildman–Crippen MR) is 121 cm³/mol. The molecule has 0 aliphatic carbocycles. The first-order valence-corrected chi connectivity index (χ1v) is 10.2. The molecule has 1 aliphatic rings. The highest BCUT2D eigenvalue weighted by Gasteiger charge is 2.33. The van der Waals surface area contributed by atoms with Crippen molar-refractivity contribution in [3.63, 3.8) is 0 Å². The van der Waals surface area contributed by atoms with Crippen molar-refractivity contribution in [3.05, 3.63) is 39.8 Å². The van der Waals surface area contributed by atoms with Gasteiger partial charge in [0.25, 0.3) is 12.0 Å². The number of aromatic nitrogens is 1. The molecule has 2 N–H and O–H groups in total. The zero-order valence-corrected chi connectivity index (χ0v) is 19.5. The smallest absolute Gasteiger partial charge is 0.321 e. The summed E-state index contributed by atoms with van der Waals surface area (Å²) < 4.78 is 9.66. The van der Waals surface area contributed by atoms with E-state index in [1.807, 2.05) is 39.6 Å². The van der Waals surface area contributed by atoms with E-state index in [9.17, 15) is 14.4 Å². The molecule has 0 spiro atoms. The minimum Gasteiger partial charge on any atom is -0.495 e. The Morgan fingerprint density at radius 3 is 2.35 bits per heavy atom. The minimum atomic E-state index is -0.687. The zero-order valence-electron chi connectivity index (χ0n) is 18.8. The third kappa shape index (κ3) is 8.22. The van der Waals surface area contributed by atoms with Crippen LogP contribution in [0.1, 0.15) is 34.1 Å². The number of rotatable bonds is 3. The number of nitrogens with one attached hydrogen (secondary N) is 1. The SMILES string of the molecule is CC(C)(C)OC=O.CC1CCN(C)C1C(=O)O.COc1c[nH]c(=O)c2cc(Cl)ccc12. The van der Waals surface area contributed by atoms with E-state index in [2.05, 4.69) is 9.72 Å². The van der Waals surface area contributed by atoms with Gasteiger partial charge < -0.3 is 19.6 Å². The largest absolute Gasteiger partial charge is 0.495 e. The molecule has 172 valence electrons. The first-order valence-electron chi connectivity index (χ1n) is 9.80. The summed E-state index contributed by atoms with van der Waals surface area (Å²) >= 11 is 5.79. The molecule has 2 unspecified atom stereocenters. The van der Waals surface area contributed by atoms with Crippen molar-refractivity contribution in [1.29, 1.82) is 0 Å². The summed E-state index contributed by atoms with van der Waals surface area (Å²) in [5.41, 5.74) is -0.481. The topological polar surface area (TPSA) is 109 Å². The average molecular weight is 455 g/mol. The maximum absolute atomic E-state index is 11.4. The summed E-state index contributed by atoms with van der Waals surface area (Å²) in [5, 5.41) is 10.6. The molecule has 2 aromatic rings. The Bertz CT molecular complexity index is 928. The fourth-order valence-corrected chi connectivity index (χ4v) is 3.26. The molecule has 8 nitrogen and oxygen atoms in total. The number of carboxylic acids is 1. The van der Waals surface area contributed by atoms with Gasteiger partial charge in [-0.2, -0.15) is 0 Å². The van der Waals surface area contributed by atoms with Crippen LogP contribution in [0.4, 0.5) is 0 Å². The van der Waals surface area contributed by atoms with Crippen LogP contribution >= 0.6 is 11.6 Å². The number of aliphatic carboxylic acids is 1. The second kappa shape index (κ2) is 11.7. The Morgan fingerprint density at radius 1 is 1.32 bits per heavy atom. The van der Waals surface area contributed by atoms with E-state index >= 15 is 0 Å². The van der Waals surface area contributed by atoms with E-state index in [1.165, 1.54) is 0 Å². The van der Waals surface area contributed by atoms with Crippen LogP contribution in [0.2, 0.25) is 5.02 Å². The van der Waals surface area contributed by atoms with Crippen molar-refractivity contribution in [3.8, 4) is 5.75 Å². The molecule has 0 saturated carbocycles. The number of ether oxygens (including phenoxy) is 2. The van der Waals surface area contributed by atoms with Gasteiger partial charge >= 0.3 is 5.97 Å². The molecular formula is C22H31ClN2O6. The third-order valence-corrected chi connectivity index (χ3v) is 4.89. The van der Waals surface area contributed by atoms with Gasteiger partial charge in [-0.25, -0.2) is 0 Å². The van der Waals surface area contributed by atoms with Crippen LogP contribution in [0.15, 0.2) is 29.2 Å². The lowest BCUT2D eigenvalue weighted by molar-refractivity contribution is -0.143. The number of hydrogen-bond donors (Lipinski definition) is 2. The summed E-state index contributed by atoms with van der Waals surface area (Å²) in [7, 11) is 3.42. The molecule has 1 fully saturated rings. The van der Waals surface area contributed by atoms with Crippen LogP contribution in [0.25, 0.3) is 10.8 Å². The van der Waals surface area contributed by atoms with Gasteiger partial charge in [-0.1, -0.05) is 18.5 Å². The summed E-state index contributed by atoms with van der Waals surface area (Å²) in [6.45, 7) is 8.82. The van der Waals surface area contributed by atoms with E-state index < -0.39 is 5.97 Å². The molecule has 2 atom stereocenters. The van der Waals surface area contributed by atoms with Gasteiger partial charge in [0, 0.05) is 16.6 Å². The molecule has 9 heteroatoms. The van der Waals surface area contributed by atoms with E-state index in [4.69, 9.17) is 21.4 Å². The molecule has 0 radical (unpaired) electrons. The maximum Gasteiger partial charge on any atom is 0.321 e. The van der Waals surface area contributed by atoms with Crippen molar-refractivity contribution < 1.29 is 24.2 Å². The number of carboxylic acid groups (broad SMARTS) is 1. The van der Waals surface area contributed by atoms with E-state index in [1.54, 1.807) is 31.5 Å². The van der Waals surface area contributed by atoms with Gasteiger partial charge in [-0.15, -0.1) is 0 Å². The molecule has 2 heterocycles. The van der Waals surface area contributed by atoms with E-state index in [-0.39, 0.29) is 17.2 Å². The number of nitrogens with zero attached hydrogens (tertiary/aromatic N) is 1. The Hall–Kier alpha value is -2.58. The summed E-state index contributed by atoms with van der Waals surface area (Å²) in [4.78, 5) is 36.1. The number of carbonyl (C=O) groups excluding carboxylic acids is 1. The quantitative estimate of drug-likeness (QED) is 0.682. The van der Waals surface area contributed by atoms with Gasteiger partial charge in [-0.05, 0) is 64.9 Å². The van der Waals surface area contributed by atoms with Crippen molar-refractivity contribution in [2.75, 3.05) is 20.7 Å². The molecule has 1 aromatic carbocycles. The number of methoxy groups -OCH3 is 1. The Balaban J connectivity index is 0.000000249. The van der Waals surface area contributed by atoms with Gasteiger partial charge in [0.2, 0.25) is 0 Å². The standard InChI is InChI=1S/C10H8ClNO2.C7H13NO2.C5H10O2/c1-14-9-5-12-10(13)8-4-6(11)2-3-7(8)9;1-5-3-4-8(2)6(5)7(9)10;1-5(2,3)7-4-6/h2-5H,1H3,(H,12,13);5-6H,3-4H2,1-2H3,(H,9,10);4H,1-3H3. The monoisotopic (exact) mass is 454 g/mol. The second-order valence-corrected chi connectivity index (χ2v) is 8.67. The number of pyridine rings is 1. The average Bonchev–Trinajstić information content (AvgIpc) is 3.01. The number of likely N-dealkylation sites (N-methyl/N-ethyl adjacent to an activating group) is 1. The maximum atomic E-state index is 11.4. The summed E-state index contributed by atoms with van der Waals surface area (Å²) in [6, 6.07) is 4.87. The normalized spacial score (nSPS) is 18.3. The molecule has 1 aromatic heterocycles. The zero-order chi connectivity index (χ0) is 23.8. The molecule has 1 saturated heterocycles. The molecule has 0 amide bonds. The number of likely N-dealkylation sites (tertiary alicyclic amines) is 1. The number of H-pyrrole nitrogens is 1. The van der Waals surface area contributed by atoms with E-state index in [0.717, 1.165) is 18.4 Å². The summed E-state index contributed by atoms with van der Waals surface area (Å²) in [6.07, 6.45) is 2.55. The third-order valence-electron chi connectivity index (χ3n) is 4.65. The van der Waals surface area contributed by atoms with Gasteiger partial charge in [0.1, 0.15) is 17.4 Å². The number of aromatic amines is 1. The number of hydrogen-bond acceptors (Lipinski definition) is 6. The predicted octanol–water partition coefficient (Wildman–Crippen LogP) is 3.56. The fraction of sp³-hybridized carbons (Fsp3) is 0.500. The highest BCUT2D eigenvalue weighted by molar-refractivity contribution is 6.31. The van der Waals surface area contributed by atoms with Crippen LogP contribution in [-0.2, 0) is 14.3 Å². The van der Waals surface area contributed by atoms with Crippen LogP contribution in [0.3, 0.4) is 0 Å². The molecular weight excluding hydrogens is 424 g/mol. The number of halogens is 1. The Labute approximate surface area is 187 Å². The fourth-order valence-electron chi connectivity index (χ4n) is 3.09. The van der Waals surface area contributed by atoms with Gasteiger partial charge in [0.15, 0.2) is 0 Å². The highest BCUT2D eigenvalue weighted by atomic mass is 35.5. The molecule has 1 aliphatic heterocycles. The second-order valence-electron chi connectivity index (χ2n) is 8.23. The Morgan fingerprint density at radius 2 is 1.97 bits per heavy atom. The van der Waals surface area contributed by atoms with Crippen molar-refractivity contribution in [2.24, 2.45) is 5.92 Å². The lowest BCUT2D eigenvalue weighted by Crippen LogP contribution is -2.35. The first-order chi connectivity index (χ1) is 14.4. The van der Waals surface area contributed by atoms with E-state index in [0.29, 0.717) is 28.5 Å². The van der Waals surface area contributed by atoms with Gasteiger partial charge in [-0.3, -0.25) is 19.3 Å². The summed E-state index contributed by atoms with van der Waals surface area (Å²) in [5.74, 6) is 0.256. The highest BCUT2D eigenvalue weighted by Crippen LogP contribution is 2.24. The lowest BCUT2D eigenvalue weighted by Gasteiger charge is -2.17. The number of carbonyl (C=O) groups is 2. The van der Waals surface area contributed by atoms with Crippen molar-refractivity contribution in [2.45, 2.75) is 45.8 Å². The minimum absolute atomic E-state index is 0.164. The lowest BCUT2D eigenvalue weighted by atomic mass is 10.0. The number of fused-ring (bicyclic) bond motifs is 1. The first kappa shape index (κ1) is 26.5. The molecule has 31 heavy (non-hydrogen) atoms. The van der Waals surface area contributed by atoms with Crippen molar-refractivity contribution >= 4 is 34.8 Å². The van der Waals surface area contributed by atoms with Crippen molar-refractivity contribution in [1.82, 2.24) is 9.88 Å².